The van der Waals surface area contributed by atoms with Crippen LogP contribution in [0.15, 0.2) is 41.0 Å². The van der Waals surface area contributed by atoms with Crippen LogP contribution in [0, 0.1) is 0 Å². The van der Waals surface area contributed by atoms with Crippen molar-refractivity contribution in [2.24, 2.45) is 0 Å². The average molecular weight is 385 g/mol. The van der Waals surface area contributed by atoms with Gasteiger partial charge in [0.2, 0.25) is 5.89 Å². The highest BCUT2D eigenvalue weighted by Crippen LogP contribution is 2.36. The molecule has 0 unspecified atom stereocenters. The summed E-state index contributed by atoms with van der Waals surface area (Å²) in [6.07, 6.45) is 5.88. The minimum Gasteiger partial charge on any atom is -0.447 e. The number of aromatic nitrogens is 1. The monoisotopic (exact) mass is 383 g/mol. The van der Waals surface area contributed by atoms with Crippen molar-refractivity contribution in [2.75, 3.05) is 0 Å². The maximum absolute atomic E-state index is 6.23. The summed E-state index contributed by atoms with van der Waals surface area (Å²) in [7, 11) is 0. The molecule has 2 heterocycles. The van der Waals surface area contributed by atoms with Gasteiger partial charge in [-0.15, -0.1) is 11.6 Å². The van der Waals surface area contributed by atoms with Crippen LogP contribution in [0.5, 0.6) is 0 Å². The Balaban J connectivity index is 1.60. The van der Waals surface area contributed by atoms with E-state index in [0.717, 1.165) is 31.4 Å². The van der Waals surface area contributed by atoms with Crippen molar-refractivity contribution in [2.45, 2.75) is 48.6 Å². The minimum absolute atomic E-state index is 0.0142. The van der Waals surface area contributed by atoms with E-state index in [2.05, 4.69) is 45.2 Å². The van der Waals surface area contributed by atoms with E-state index >= 15 is 0 Å². The van der Waals surface area contributed by atoms with Crippen molar-refractivity contribution in [1.82, 2.24) is 4.98 Å². The molecule has 1 aliphatic rings. The summed E-state index contributed by atoms with van der Waals surface area (Å²) >= 11 is 9.50. The zero-order chi connectivity index (χ0) is 15.4. The molecule has 1 aromatic carbocycles. The smallest absolute Gasteiger partial charge is 0.209 e. The molecular weight excluding hydrogens is 366 g/mol. The number of oxazole rings is 1. The average Bonchev–Trinajstić information content (AvgIpc) is 3.03. The first-order valence-corrected chi connectivity index (χ1v) is 9.03. The van der Waals surface area contributed by atoms with Gasteiger partial charge in [0.15, 0.2) is 0 Å². The molecule has 0 bridgehead atoms. The van der Waals surface area contributed by atoms with E-state index < -0.39 is 0 Å². The molecule has 1 fully saturated rings. The third kappa shape index (κ3) is 4.12. The van der Waals surface area contributed by atoms with Crippen LogP contribution in [0.1, 0.15) is 42.5 Å². The number of halogens is 2. The van der Waals surface area contributed by atoms with Crippen molar-refractivity contribution < 1.29 is 9.15 Å². The molecule has 0 radical (unpaired) electrons. The Morgan fingerprint density at radius 3 is 2.77 bits per heavy atom. The van der Waals surface area contributed by atoms with Gasteiger partial charge in [0.25, 0.3) is 0 Å². The fourth-order valence-electron chi connectivity index (χ4n) is 2.84. The molecule has 22 heavy (non-hydrogen) atoms. The molecule has 0 N–H and O–H groups in total. The van der Waals surface area contributed by atoms with Crippen LogP contribution in [0.3, 0.4) is 0 Å². The topological polar surface area (TPSA) is 35.3 Å². The molecule has 118 valence electrons. The molecule has 1 aromatic heterocycles. The maximum atomic E-state index is 6.23. The second kappa shape index (κ2) is 7.62. The predicted molar refractivity (Wildman–Crippen MR) is 90.4 cm³/mol. The Bertz CT molecular complexity index is 589. The first kappa shape index (κ1) is 16.0. The summed E-state index contributed by atoms with van der Waals surface area (Å²) in [5.41, 5.74) is 2.20. The third-order valence-corrected chi connectivity index (χ3v) is 4.93. The molecule has 1 aliphatic heterocycles. The van der Waals surface area contributed by atoms with Gasteiger partial charge in [-0.05, 0) is 31.2 Å². The van der Waals surface area contributed by atoms with E-state index in [-0.39, 0.29) is 12.2 Å². The normalized spacial score (nSPS) is 25.3. The second-order valence-electron chi connectivity index (χ2n) is 5.64. The Kier molecular flexibility index (Phi) is 5.55. The zero-order valence-corrected chi connectivity index (χ0v) is 14.6. The maximum Gasteiger partial charge on any atom is 0.209 e. The number of hydrogen-bond donors (Lipinski definition) is 0. The first-order chi connectivity index (χ1) is 10.7. The van der Waals surface area contributed by atoms with E-state index in [0.29, 0.717) is 16.6 Å². The summed E-state index contributed by atoms with van der Waals surface area (Å²) in [6.45, 7) is 0. The number of alkyl halides is 2. The molecule has 1 saturated heterocycles. The number of hydrogen-bond acceptors (Lipinski definition) is 3. The molecule has 0 aliphatic carbocycles. The van der Waals surface area contributed by atoms with Crippen LogP contribution < -0.4 is 0 Å². The first-order valence-electron chi connectivity index (χ1n) is 7.58. The Morgan fingerprint density at radius 2 is 2.05 bits per heavy atom. The molecule has 0 amide bonds. The van der Waals surface area contributed by atoms with Crippen LogP contribution >= 0.6 is 27.5 Å². The highest BCUT2D eigenvalue weighted by molar-refractivity contribution is 9.09. The van der Waals surface area contributed by atoms with Gasteiger partial charge in [0, 0.05) is 4.83 Å². The van der Waals surface area contributed by atoms with Crippen molar-refractivity contribution in [3.05, 3.63) is 53.7 Å². The van der Waals surface area contributed by atoms with E-state index in [1.807, 2.05) is 6.07 Å². The van der Waals surface area contributed by atoms with Gasteiger partial charge in [-0.2, -0.15) is 0 Å². The van der Waals surface area contributed by atoms with E-state index in [1.165, 1.54) is 5.56 Å². The van der Waals surface area contributed by atoms with Crippen LogP contribution in [0.25, 0.3) is 0 Å². The predicted octanol–water partition coefficient (Wildman–Crippen LogP) is 5.03. The molecule has 2 aromatic rings. The Hall–Kier alpha value is -0.840. The second-order valence-corrected chi connectivity index (χ2v) is 7.20. The minimum atomic E-state index is -0.0142. The number of ether oxygens (including phenoxy) is 1. The van der Waals surface area contributed by atoms with Gasteiger partial charge in [0.1, 0.15) is 18.1 Å². The third-order valence-electron chi connectivity index (χ3n) is 3.96. The zero-order valence-electron chi connectivity index (χ0n) is 12.3. The molecule has 3 rings (SSSR count). The molecule has 0 spiro atoms. The van der Waals surface area contributed by atoms with Crippen LogP contribution in [-0.4, -0.2) is 15.9 Å². The van der Waals surface area contributed by atoms with E-state index in [4.69, 9.17) is 20.8 Å². The van der Waals surface area contributed by atoms with Gasteiger partial charge < -0.3 is 9.15 Å². The number of benzene rings is 1. The number of nitrogens with zero attached hydrogens (tertiary/aromatic N) is 1. The van der Waals surface area contributed by atoms with Crippen LogP contribution in [0.4, 0.5) is 0 Å². The summed E-state index contributed by atoms with van der Waals surface area (Å²) in [6, 6.07) is 10.5. The summed E-state index contributed by atoms with van der Waals surface area (Å²) in [4.78, 5) is 4.84. The lowest BCUT2D eigenvalue weighted by Crippen LogP contribution is -2.29. The van der Waals surface area contributed by atoms with Crippen molar-refractivity contribution in [3.8, 4) is 0 Å². The lowest BCUT2D eigenvalue weighted by molar-refractivity contribution is -0.0532. The Morgan fingerprint density at radius 1 is 1.23 bits per heavy atom. The SMILES string of the molecule is ClCc1nc([C@H]2C[C@H](Br)C[C@@H](CCc3ccccc3)O2)co1. The standard InChI is InChI=1S/C17H19BrClNO2/c18-13-8-14(7-6-12-4-2-1-3-5-12)22-16(9-13)15-11-21-17(10-19)20-15/h1-5,11,13-14,16H,6-10H2/t13-,14-,16-/m1/s1. The fourth-order valence-corrected chi connectivity index (χ4v) is 3.72. The molecule has 5 heteroatoms. The van der Waals surface area contributed by atoms with Gasteiger partial charge in [-0.1, -0.05) is 46.3 Å². The van der Waals surface area contributed by atoms with Crippen molar-refractivity contribution in [1.29, 1.82) is 0 Å². The quantitative estimate of drug-likeness (QED) is 0.678. The van der Waals surface area contributed by atoms with Gasteiger partial charge in [-0.3, -0.25) is 0 Å². The molecular formula is C17H19BrClNO2. The number of aryl methyl sites for hydroxylation is 1. The van der Waals surface area contributed by atoms with Crippen molar-refractivity contribution >= 4 is 27.5 Å². The largest absolute Gasteiger partial charge is 0.447 e. The Labute approximate surface area is 144 Å². The van der Waals surface area contributed by atoms with Crippen molar-refractivity contribution in [3.63, 3.8) is 0 Å². The summed E-state index contributed by atoms with van der Waals surface area (Å²) in [5.74, 6) is 0.847. The van der Waals surface area contributed by atoms with Crippen LogP contribution in [0.2, 0.25) is 0 Å². The van der Waals surface area contributed by atoms with Gasteiger partial charge in [0.05, 0.1) is 12.0 Å². The molecule has 3 nitrogen and oxygen atoms in total. The fraction of sp³-hybridized carbons (Fsp3) is 0.471. The van der Waals surface area contributed by atoms with Crippen LogP contribution in [-0.2, 0) is 17.0 Å². The lowest BCUT2D eigenvalue weighted by atomic mass is 9.97. The van der Waals surface area contributed by atoms with E-state index in [9.17, 15) is 0 Å². The van der Waals surface area contributed by atoms with E-state index in [1.54, 1.807) is 6.26 Å². The summed E-state index contributed by atoms with van der Waals surface area (Å²) < 4.78 is 11.6. The molecule has 0 saturated carbocycles. The highest BCUT2D eigenvalue weighted by atomic mass is 79.9. The number of rotatable bonds is 5. The lowest BCUT2D eigenvalue weighted by Gasteiger charge is -2.32. The highest BCUT2D eigenvalue weighted by Gasteiger charge is 2.30. The van der Waals surface area contributed by atoms with Gasteiger partial charge in [-0.25, -0.2) is 4.98 Å². The van der Waals surface area contributed by atoms with Gasteiger partial charge >= 0.3 is 0 Å². The summed E-state index contributed by atoms with van der Waals surface area (Å²) in [5, 5.41) is 0. The molecule has 3 atom stereocenters.